The van der Waals surface area contributed by atoms with Gasteiger partial charge in [-0.3, -0.25) is 0 Å². The third kappa shape index (κ3) is 3.66. The molecule has 1 saturated heterocycles. The highest BCUT2D eigenvalue weighted by Crippen LogP contribution is 2.36. The zero-order chi connectivity index (χ0) is 14.8. The lowest BCUT2D eigenvalue weighted by Gasteiger charge is -2.33. The van der Waals surface area contributed by atoms with Crippen molar-refractivity contribution in [2.75, 3.05) is 13.7 Å². The van der Waals surface area contributed by atoms with Gasteiger partial charge in [-0.25, -0.2) is 4.79 Å². The first-order valence-corrected chi connectivity index (χ1v) is 8.05. The average Bonchev–Trinajstić information content (AvgIpc) is 2.81. The minimum atomic E-state index is -0.189. The topological polar surface area (TPSA) is 41.6 Å². The summed E-state index contributed by atoms with van der Waals surface area (Å²) in [5.74, 6) is 0.750. The van der Waals surface area contributed by atoms with Gasteiger partial charge in [0.1, 0.15) is 0 Å². The van der Waals surface area contributed by atoms with Gasteiger partial charge in [0.05, 0.1) is 5.60 Å². The molecule has 1 saturated carbocycles. The number of ether oxygens (including phenoxy) is 1. The van der Waals surface area contributed by atoms with Crippen LogP contribution in [-0.4, -0.2) is 42.3 Å². The maximum Gasteiger partial charge on any atom is 0.317 e. The molecule has 0 unspecified atom stereocenters. The van der Waals surface area contributed by atoms with E-state index in [9.17, 15) is 4.79 Å². The minimum absolute atomic E-state index is 0.124. The number of hydrogen-bond acceptors (Lipinski definition) is 2. The molecule has 0 radical (unpaired) electrons. The van der Waals surface area contributed by atoms with E-state index in [2.05, 4.69) is 31.0 Å². The van der Waals surface area contributed by atoms with E-state index < -0.39 is 0 Å². The molecule has 2 aliphatic rings. The van der Waals surface area contributed by atoms with Gasteiger partial charge in [-0.2, -0.15) is 0 Å². The van der Waals surface area contributed by atoms with Crippen LogP contribution in [0, 0.1) is 5.92 Å². The molecule has 0 bridgehead atoms. The number of rotatable bonds is 4. The molecule has 1 heterocycles. The molecule has 0 spiro atoms. The first-order valence-electron chi connectivity index (χ1n) is 8.05. The number of nitrogens with one attached hydrogen (secondary N) is 1. The van der Waals surface area contributed by atoms with Crippen LogP contribution < -0.4 is 5.32 Å². The van der Waals surface area contributed by atoms with Gasteiger partial charge >= 0.3 is 6.03 Å². The second kappa shape index (κ2) is 6.33. The molecule has 4 heteroatoms. The lowest BCUT2D eigenvalue weighted by atomic mass is 9.85. The van der Waals surface area contributed by atoms with Crippen LogP contribution in [0.5, 0.6) is 0 Å². The summed E-state index contributed by atoms with van der Waals surface area (Å²) < 4.78 is 5.44. The van der Waals surface area contributed by atoms with Gasteiger partial charge in [0.15, 0.2) is 0 Å². The van der Waals surface area contributed by atoms with E-state index >= 15 is 0 Å². The van der Waals surface area contributed by atoms with E-state index in [1.54, 1.807) is 7.11 Å². The fraction of sp³-hybridized carbons (Fsp3) is 0.938. The molecule has 3 atom stereocenters. The Labute approximate surface area is 123 Å². The number of methoxy groups -OCH3 is 1. The number of nitrogens with zero attached hydrogens (tertiary/aromatic N) is 1. The molecule has 116 valence electrons. The summed E-state index contributed by atoms with van der Waals surface area (Å²) >= 11 is 0. The van der Waals surface area contributed by atoms with Crippen molar-refractivity contribution >= 4 is 6.03 Å². The average molecular weight is 282 g/mol. The Morgan fingerprint density at radius 3 is 2.75 bits per heavy atom. The number of carbonyl (C=O) groups is 1. The predicted octanol–water partition coefficient (Wildman–Crippen LogP) is 3.16. The fourth-order valence-corrected chi connectivity index (χ4v) is 3.82. The van der Waals surface area contributed by atoms with E-state index in [0.29, 0.717) is 6.04 Å². The number of likely N-dealkylation sites (tertiary alicyclic amines) is 1. The van der Waals surface area contributed by atoms with Crippen molar-refractivity contribution in [1.82, 2.24) is 10.2 Å². The third-order valence-corrected chi connectivity index (χ3v) is 4.99. The van der Waals surface area contributed by atoms with E-state index in [0.717, 1.165) is 18.9 Å². The number of fused-ring (bicyclic) bond motifs is 1. The summed E-state index contributed by atoms with van der Waals surface area (Å²) in [5, 5.41) is 3.15. The van der Waals surface area contributed by atoms with Crippen LogP contribution >= 0.6 is 0 Å². The molecule has 0 aromatic heterocycles. The highest BCUT2D eigenvalue weighted by molar-refractivity contribution is 5.75. The fourth-order valence-electron chi connectivity index (χ4n) is 3.82. The Kier molecular flexibility index (Phi) is 4.95. The number of amides is 2. The SMILES string of the molecule is COC(C)(C)C[C@H](C)NC(=O)N1CC[C@H]2CCCC[C@@H]21. The minimum Gasteiger partial charge on any atom is -0.379 e. The highest BCUT2D eigenvalue weighted by Gasteiger charge is 2.38. The largest absolute Gasteiger partial charge is 0.379 e. The van der Waals surface area contributed by atoms with Gasteiger partial charge in [0, 0.05) is 25.7 Å². The lowest BCUT2D eigenvalue weighted by Crippen LogP contribution is -2.49. The van der Waals surface area contributed by atoms with Gasteiger partial charge in [0.2, 0.25) is 0 Å². The molecule has 0 aromatic rings. The molecule has 1 aliphatic carbocycles. The van der Waals surface area contributed by atoms with Gasteiger partial charge in [-0.15, -0.1) is 0 Å². The van der Waals surface area contributed by atoms with Crippen molar-refractivity contribution in [3.05, 3.63) is 0 Å². The molecule has 2 amide bonds. The second-order valence-corrected chi connectivity index (χ2v) is 7.11. The standard InChI is InChI=1S/C16H30N2O2/c1-12(11-16(2,3)20-4)17-15(19)18-10-9-13-7-5-6-8-14(13)18/h12-14H,5-11H2,1-4H3,(H,17,19)/t12-,13+,14-/m0/s1. The van der Waals surface area contributed by atoms with Crippen molar-refractivity contribution in [2.45, 2.75) is 77.0 Å². The molecule has 20 heavy (non-hydrogen) atoms. The van der Waals surface area contributed by atoms with Gasteiger partial charge in [-0.1, -0.05) is 12.8 Å². The summed E-state index contributed by atoms with van der Waals surface area (Å²) in [6.45, 7) is 7.11. The van der Waals surface area contributed by atoms with Crippen LogP contribution in [0.1, 0.15) is 59.3 Å². The second-order valence-electron chi connectivity index (χ2n) is 7.11. The summed E-state index contributed by atoms with van der Waals surface area (Å²) in [6.07, 6.45) is 7.14. The smallest absolute Gasteiger partial charge is 0.317 e. The van der Waals surface area contributed by atoms with Crippen molar-refractivity contribution in [1.29, 1.82) is 0 Å². The number of urea groups is 1. The molecule has 4 nitrogen and oxygen atoms in total. The zero-order valence-corrected chi connectivity index (χ0v) is 13.4. The number of hydrogen-bond donors (Lipinski definition) is 1. The van der Waals surface area contributed by atoms with Gasteiger partial charge < -0.3 is 15.0 Å². The molecular weight excluding hydrogens is 252 g/mol. The molecule has 0 aromatic carbocycles. The van der Waals surface area contributed by atoms with Crippen LogP contribution in [0.4, 0.5) is 4.79 Å². The molecule has 1 N–H and O–H groups in total. The van der Waals surface area contributed by atoms with E-state index in [1.807, 2.05) is 0 Å². The monoisotopic (exact) mass is 282 g/mol. The van der Waals surface area contributed by atoms with Crippen LogP contribution in [0.25, 0.3) is 0 Å². The molecule has 1 aliphatic heterocycles. The molecular formula is C16H30N2O2. The van der Waals surface area contributed by atoms with Crippen LogP contribution in [0.15, 0.2) is 0 Å². The summed E-state index contributed by atoms with van der Waals surface area (Å²) in [4.78, 5) is 14.5. The zero-order valence-electron chi connectivity index (χ0n) is 13.4. The lowest BCUT2D eigenvalue weighted by molar-refractivity contribution is 0.00904. The summed E-state index contributed by atoms with van der Waals surface area (Å²) in [5.41, 5.74) is -0.189. The predicted molar refractivity (Wildman–Crippen MR) is 80.8 cm³/mol. The number of carbonyl (C=O) groups excluding carboxylic acids is 1. The Morgan fingerprint density at radius 1 is 1.35 bits per heavy atom. The first kappa shape index (κ1) is 15.6. The van der Waals surface area contributed by atoms with Crippen molar-refractivity contribution in [3.63, 3.8) is 0 Å². The van der Waals surface area contributed by atoms with Crippen LogP contribution in [0.3, 0.4) is 0 Å². The molecule has 2 rings (SSSR count). The highest BCUT2D eigenvalue weighted by atomic mass is 16.5. The third-order valence-electron chi connectivity index (χ3n) is 4.99. The Morgan fingerprint density at radius 2 is 2.05 bits per heavy atom. The van der Waals surface area contributed by atoms with E-state index in [1.165, 1.54) is 32.1 Å². The Hall–Kier alpha value is -0.770. The van der Waals surface area contributed by atoms with Crippen molar-refractivity contribution in [2.24, 2.45) is 5.92 Å². The van der Waals surface area contributed by atoms with E-state index in [-0.39, 0.29) is 17.7 Å². The summed E-state index contributed by atoms with van der Waals surface area (Å²) in [6, 6.07) is 0.755. The first-order chi connectivity index (χ1) is 9.43. The van der Waals surface area contributed by atoms with Crippen molar-refractivity contribution < 1.29 is 9.53 Å². The van der Waals surface area contributed by atoms with Crippen LogP contribution in [0.2, 0.25) is 0 Å². The van der Waals surface area contributed by atoms with Gasteiger partial charge in [0.25, 0.3) is 0 Å². The molecule has 2 fully saturated rings. The Bertz CT molecular complexity index is 343. The Balaban J connectivity index is 1.85. The maximum absolute atomic E-state index is 12.5. The quantitative estimate of drug-likeness (QED) is 0.860. The van der Waals surface area contributed by atoms with E-state index in [4.69, 9.17) is 4.74 Å². The normalized spacial score (nSPS) is 28.1. The van der Waals surface area contributed by atoms with Crippen molar-refractivity contribution in [3.8, 4) is 0 Å². The van der Waals surface area contributed by atoms with Gasteiger partial charge in [-0.05, 0) is 52.4 Å². The maximum atomic E-state index is 12.5. The van der Waals surface area contributed by atoms with Crippen LogP contribution in [-0.2, 0) is 4.74 Å². The summed E-state index contributed by atoms with van der Waals surface area (Å²) in [7, 11) is 1.72.